The van der Waals surface area contributed by atoms with E-state index in [1.807, 2.05) is 6.92 Å². The van der Waals surface area contributed by atoms with Gasteiger partial charge in [-0.3, -0.25) is 0 Å². The summed E-state index contributed by atoms with van der Waals surface area (Å²) >= 11 is 3.42. The molecule has 0 heterocycles. The Morgan fingerprint density at radius 1 is 1.26 bits per heavy atom. The number of hydrogen-bond acceptors (Lipinski definition) is 2. The van der Waals surface area contributed by atoms with E-state index < -0.39 is 18.4 Å². The Morgan fingerprint density at radius 3 is 2.53 bits per heavy atom. The van der Waals surface area contributed by atoms with Crippen LogP contribution in [0.25, 0.3) is 0 Å². The van der Waals surface area contributed by atoms with Gasteiger partial charge in [0.2, 0.25) is 0 Å². The first-order chi connectivity index (χ1) is 8.82. The van der Waals surface area contributed by atoms with E-state index in [4.69, 9.17) is 12.2 Å². The molecule has 1 aliphatic carbocycles. The van der Waals surface area contributed by atoms with Crippen molar-refractivity contribution in [2.45, 2.75) is 63.8 Å². The maximum absolute atomic E-state index is 11.1. The van der Waals surface area contributed by atoms with Crippen LogP contribution < -0.4 is 16.2 Å². The van der Waals surface area contributed by atoms with Gasteiger partial charge in [-0.05, 0) is 0 Å². The first-order valence-electron chi connectivity index (χ1n) is 7.18. The minimum atomic E-state index is -1.79. The van der Waals surface area contributed by atoms with Gasteiger partial charge in [-0.2, -0.15) is 0 Å². The van der Waals surface area contributed by atoms with E-state index in [0.29, 0.717) is 17.6 Å². The third kappa shape index (κ3) is 6.29. The fourth-order valence-corrected chi connectivity index (χ4v) is 8.65. The zero-order chi connectivity index (χ0) is 14.5. The van der Waals surface area contributed by atoms with Crippen molar-refractivity contribution in [2.75, 3.05) is 0 Å². The van der Waals surface area contributed by atoms with Crippen molar-refractivity contribution in [3.05, 3.63) is 0 Å². The molecule has 1 fully saturated rings. The molecule has 0 bridgehead atoms. The zero-order valence-electron chi connectivity index (χ0n) is 12.5. The first kappa shape index (κ1) is 17.0. The predicted molar refractivity (Wildman–Crippen MR) is 86.7 cm³/mol. The summed E-state index contributed by atoms with van der Waals surface area (Å²) in [6.07, 6.45) is 5.57. The molecule has 3 N–H and O–H groups in total. The second-order valence-corrected chi connectivity index (χ2v) is 22.7. The van der Waals surface area contributed by atoms with Gasteiger partial charge < -0.3 is 0 Å². The van der Waals surface area contributed by atoms with E-state index in [1.54, 1.807) is 0 Å². The van der Waals surface area contributed by atoms with Crippen molar-refractivity contribution < 1.29 is 4.79 Å². The van der Waals surface area contributed by atoms with Crippen LogP contribution in [0.15, 0.2) is 0 Å². The average Bonchev–Trinajstić information content (AvgIpc) is 2.35. The molecule has 0 spiro atoms. The number of carbonyl (C=O) groups excluding carboxylic acids is 1. The number of rotatable bonds is 3. The van der Waals surface area contributed by atoms with Gasteiger partial charge in [-0.25, -0.2) is 0 Å². The Morgan fingerprint density at radius 2 is 1.95 bits per heavy atom. The average molecular weight is 392 g/mol. The van der Waals surface area contributed by atoms with Crippen molar-refractivity contribution in [3.8, 4) is 0 Å². The standard InChI is InChI=1S/C10H18N3OS.3CH3.Sn/c1-2-9(14)12-13-10(15)11-8-6-4-3-5-7-8;;;;/h4,8H,2-3,5-7H2,1H3,(H,12,14)(H2,11,13,15);3*1H3;. The molecule has 19 heavy (non-hydrogen) atoms. The van der Waals surface area contributed by atoms with Crippen LogP contribution >= 0.6 is 12.2 Å². The number of nitrogens with one attached hydrogen (secondary N) is 3. The zero-order valence-corrected chi connectivity index (χ0v) is 16.2. The topological polar surface area (TPSA) is 53.2 Å². The molecule has 1 aliphatic rings. The number of amides is 1. The van der Waals surface area contributed by atoms with Crippen molar-refractivity contribution >= 4 is 41.6 Å². The SMILES string of the molecule is CCC(=O)NNC(=S)NC1CCC[CH]([Sn]([CH3])([CH3])[CH3])C1. The molecule has 6 heteroatoms. The van der Waals surface area contributed by atoms with E-state index in [2.05, 4.69) is 31.0 Å². The normalized spacial score (nSPS) is 23.6. The molecule has 0 saturated heterocycles. The van der Waals surface area contributed by atoms with Gasteiger partial charge in [-0.1, -0.05) is 0 Å². The van der Waals surface area contributed by atoms with E-state index in [9.17, 15) is 4.79 Å². The van der Waals surface area contributed by atoms with Crippen LogP contribution in [-0.4, -0.2) is 35.4 Å². The number of hydrogen-bond donors (Lipinski definition) is 3. The summed E-state index contributed by atoms with van der Waals surface area (Å²) in [6, 6.07) is 0.466. The van der Waals surface area contributed by atoms with Crippen molar-refractivity contribution in [1.29, 1.82) is 0 Å². The van der Waals surface area contributed by atoms with Crippen LogP contribution in [0.3, 0.4) is 0 Å². The number of carbonyl (C=O) groups is 1. The summed E-state index contributed by atoms with van der Waals surface area (Å²) in [6.45, 7) is 1.82. The minimum absolute atomic E-state index is 0.0448. The second kappa shape index (κ2) is 7.66. The molecule has 0 aliphatic heterocycles. The molecule has 0 aromatic heterocycles. The Balaban J connectivity index is 2.36. The molecular weight excluding hydrogens is 365 g/mol. The summed E-state index contributed by atoms with van der Waals surface area (Å²) in [5.74, 6) is -0.0448. The van der Waals surface area contributed by atoms with Crippen LogP contribution in [0.2, 0.25) is 18.8 Å². The number of hydrazine groups is 1. The third-order valence-electron chi connectivity index (χ3n) is 3.87. The van der Waals surface area contributed by atoms with Crippen LogP contribution in [0.1, 0.15) is 39.0 Å². The monoisotopic (exact) mass is 393 g/mol. The second-order valence-electron chi connectivity index (χ2n) is 6.43. The third-order valence-corrected chi connectivity index (χ3v) is 12.6. The molecule has 0 aromatic carbocycles. The van der Waals surface area contributed by atoms with Gasteiger partial charge in [0.1, 0.15) is 0 Å². The fraction of sp³-hybridized carbons (Fsp3) is 0.846. The summed E-state index contributed by atoms with van der Waals surface area (Å²) in [4.78, 5) is 18.7. The summed E-state index contributed by atoms with van der Waals surface area (Å²) in [5, 5.41) is 3.88. The van der Waals surface area contributed by atoms with Crippen molar-refractivity contribution in [1.82, 2.24) is 16.2 Å². The number of thiocarbonyl (C=S) groups is 1. The van der Waals surface area contributed by atoms with Crippen LogP contribution in [-0.2, 0) is 4.79 Å². The van der Waals surface area contributed by atoms with Gasteiger partial charge in [0.15, 0.2) is 0 Å². The van der Waals surface area contributed by atoms with E-state index >= 15 is 0 Å². The van der Waals surface area contributed by atoms with E-state index in [1.165, 1.54) is 25.7 Å². The predicted octanol–water partition coefficient (Wildman–Crippen LogP) is 2.54. The molecule has 0 radical (unpaired) electrons. The Kier molecular flexibility index (Phi) is 6.86. The van der Waals surface area contributed by atoms with Gasteiger partial charge in [0.05, 0.1) is 0 Å². The summed E-state index contributed by atoms with van der Waals surface area (Å²) in [7, 11) is 0. The Labute approximate surface area is 126 Å². The Hall–Kier alpha value is -0.0413. The summed E-state index contributed by atoms with van der Waals surface area (Å²) in [5.41, 5.74) is 5.36. The van der Waals surface area contributed by atoms with Crippen molar-refractivity contribution in [2.24, 2.45) is 0 Å². The van der Waals surface area contributed by atoms with Crippen LogP contribution in [0, 0.1) is 0 Å². The molecular formula is C13H27N3OSSn. The molecule has 0 aromatic rings. The molecule has 2 unspecified atom stereocenters. The van der Waals surface area contributed by atoms with E-state index in [-0.39, 0.29) is 5.91 Å². The summed E-state index contributed by atoms with van der Waals surface area (Å²) < 4.78 is 0.939. The molecule has 1 rings (SSSR count). The Bertz CT molecular complexity index is 330. The molecule has 110 valence electrons. The maximum atomic E-state index is 11.1. The van der Waals surface area contributed by atoms with Crippen LogP contribution in [0.5, 0.6) is 0 Å². The quantitative estimate of drug-likeness (QED) is 0.393. The first-order valence-corrected chi connectivity index (χ1v) is 17.8. The van der Waals surface area contributed by atoms with Crippen molar-refractivity contribution in [3.63, 3.8) is 0 Å². The van der Waals surface area contributed by atoms with E-state index in [0.717, 1.165) is 3.93 Å². The molecule has 1 amide bonds. The fourth-order valence-electron chi connectivity index (χ4n) is 2.54. The van der Waals surface area contributed by atoms with Gasteiger partial charge in [0, 0.05) is 0 Å². The molecule has 4 nitrogen and oxygen atoms in total. The molecule has 1 saturated carbocycles. The molecule has 2 atom stereocenters. The van der Waals surface area contributed by atoms with Gasteiger partial charge >= 0.3 is 126 Å². The van der Waals surface area contributed by atoms with Gasteiger partial charge in [0.25, 0.3) is 0 Å². The van der Waals surface area contributed by atoms with Gasteiger partial charge in [-0.15, -0.1) is 0 Å². The van der Waals surface area contributed by atoms with Crippen LogP contribution in [0.4, 0.5) is 0 Å².